The Hall–Kier alpha value is -1.66. The van der Waals surface area contributed by atoms with Gasteiger partial charge >= 0.3 is 0 Å². The zero-order valence-corrected chi connectivity index (χ0v) is 9.67. The number of hydrogen-bond acceptors (Lipinski definition) is 5. The van der Waals surface area contributed by atoms with Gasteiger partial charge in [-0.05, 0) is 12.1 Å². The highest BCUT2D eigenvalue weighted by atomic mass is 16.5. The van der Waals surface area contributed by atoms with Crippen molar-refractivity contribution in [3.8, 4) is 0 Å². The first kappa shape index (κ1) is 11.8. The maximum absolute atomic E-state index is 11.5. The molecule has 2 rings (SSSR count). The molecule has 1 saturated heterocycles. The Bertz CT molecular complexity index is 403. The van der Waals surface area contributed by atoms with Crippen molar-refractivity contribution < 1.29 is 14.7 Å². The van der Waals surface area contributed by atoms with Gasteiger partial charge in [-0.2, -0.15) is 0 Å². The molecule has 1 fully saturated rings. The number of anilines is 1. The predicted octanol–water partition coefficient (Wildman–Crippen LogP) is 0.379. The molecule has 0 aliphatic carbocycles. The van der Waals surface area contributed by atoms with E-state index in [9.17, 15) is 4.79 Å². The Kier molecular flexibility index (Phi) is 3.55. The van der Waals surface area contributed by atoms with E-state index >= 15 is 0 Å². The molecule has 0 radical (unpaired) electrons. The van der Waals surface area contributed by atoms with Gasteiger partial charge in [0, 0.05) is 32.0 Å². The van der Waals surface area contributed by atoms with Gasteiger partial charge in [-0.3, -0.25) is 15.0 Å². The molecular weight excluding hydrogens is 222 g/mol. The number of hydroxylamine groups is 2. The first-order chi connectivity index (χ1) is 8.18. The third-order valence-electron chi connectivity index (χ3n) is 2.63. The van der Waals surface area contributed by atoms with Crippen molar-refractivity contribution in [1.82, 2.24) is 10.0 Å². The number of ether oxygens (including phenoxy) is 1. The lowest BCUT2D eigenvalue weighted by atomic mass is 10.2. The highest BCUT2D eigenvalue weighted by Gasteiger charge is 2.15. The summed E-state index contributed by atoms with van der Waals surface area (Å²) in [6, 6.07) is 3.53. The van der Waals surface area contributed by atoms with Crippen LogP contribution in [-0.2, 0) is 4.74 Å². The van der Waals surface area contributed by atoms with Crippen molar-refractivity contribution in [2.24, 2.45) is 0 Å². The molecule has 0 aromatic carbocycles. The Morgan fingerprint density at radius 3 is 2.88 bits per heavy atom. The second-order valence-electron chi connectivity index (χ2n) is 3.83. The van der Waals surface area contributed by atoms with Gasteiger partial charge in [0.2, 0.25) is 0 Å². The molecule has 6 heteroatoms. The van der Waals surface area contributed by atoms with Gasteiger partial charge in [0.1, 0.15) is 5.69 Å². The van der Waals surface area contributed by atoms with Crippen LogP contribution in [0.3, 0.4) is 0 Å². The molecule has 1 aliphatic heterocycles. The van der Waals surface area contributed by atoms with Crippen molar-refractivity contribution in [2.75, 3.05) is 38.3 Å². The van der Waals surface area contributed by atoms with Crippen molar-refractivity contribution in [2.45, 2.75) is 0 Å². The lowest BCUT2D eigenvalue weighted by Gasteiger charge is -2.28. The number of rotatable bonds is 2. The van der Waals surface area contributed by atoms with E-state index < -0.39 is 5.91 Å². The van der Waals surface area contributed by atoms with Crippen LogP contribution < -0.4 is 4.90 Å². The second-order valence-corrected chi connectivity index (χ2v) is 3.83. The summed E-state index contributed by atoms with van der Waals surface area (Å²) in [6.07, 6.45) is 1.57. The molecule has 0 atom stereocenters. The van der Waals surface area contributed by atoms with Gasteiger partial charge in [0.25, 0.3) is 5.91 Å². The molecule has 0 unspecified atom stereocenters. The van der Waals surface area contributed by atoms with Crippen LogP contribution in [0, 0.1) is 0 Å². The maximum atomic E-state index is 11.5. The monoisotopic (exact) mass is 237 g/mol. The minimum atomic E-state index is -0.514. The Balaban J connectivity index is 2.18. The molecule has 92 valence electrons. The van der Waals surface area contributed by atoms with Gasteiger partial charge in [-0.25, -0.2) is 5.06 Å². The van der Waals surface area contributed by atoms with Crippen LogP contribution in [-0.4, -0.2) is 54.5 Å². The third kappa shape index (κ3) is 2.72. The molecule has 1 aliphatic rings. The first-order valence-corrected chi connectivity index (χ1v) is 5.44. The summed E-state index contributed by atoms with van der Waals surface area (Å²) in [7, 11) is 1.28. The van der Waals surface area contributed by atoms with E-state index in [0.717, 1.165) is 18.8 Å². The lowest BCUT2D eigenvalue weighted by Crippen LogP contribution is -2.36. The van der Waals surface area contributed by atoms with Gasteiger partial charge < -0.3 is 9.64 Å². The van der Waals surface area contributed by atoms with Crippen molar-refractivity contribution >= 4 is 11.6 Å². The Morgan fingerprint density at radius 1 is 1.53 bits per heavy atom. The quantitative estimate of drug-likeness (QED) is 0.595. The molecule has 0 spiro atoms. The number of carbonyl (C=O) groups is 1. The van der Waals surface area contributed by atoms with E-state index in [1.54, 1.807) is 12.3 Å². The van der Waals surface area contributed by atoms with Gasteiger partial charge in [-0.1, -0.05) is 0 Å². The summed E-state index contributed by atoms with van der Waals surface area (Å²) in [5.41, 5.74) is 1.16. The largest absolute Gasteiger partial charge is 0.378 e. The normalized spacial score (nSPS) is 15.8. The molecule has 0 bridgehead atoms. The van der Waals surface area contributed by atoms with Gasteiger partial charge in [-0.15, -0.1) is 0 Å². The van der Waals surface area contributed by atoms with E-state index in [1.165, 1.54) is 7.05 Å². The van der Waals surface area contributed by atoms with Crippen LogP contribution in [0.25, 0.3) is 0 Å². The number of nitrogens with zero attached hydrogens (tertiary/aromatic N) is 3. The van der Waals surface area contributed by atoms with Crippen molar-refractivity contribution in [1.29, 1.82) is 0 Å². The summed E-state index contributed by atoms with van der Waals surface area (Å²) in [5, 5.41) is 9.62. The molecule has 0 saturated carbocycles. The lowest BCUT2D eigenvalue weighted by molar-refractivity contribution is -0.0379. The van der Waals surface area contributed by atoms with Crippen LogP contribution in [0.5, 0.6) is 0 Å². The molecule has 1 amide bonds. The average Bonchev–Trinajstić information content (AvgIpc) is 2.39. The van der Waals surface area contributed by atoms with Crippen LogP contribution >= 0.6 is 0 Å². The minimum absolute atomic E-state index is 0.235. The number of carbonyl (C=O) groups excluding carboxylic acids is 1. The SMILES string of the molecule is CN(O)C(=O)c1cc(N2CCOCC2)ccn1. The zero-order chi connectivity index (χ0) is 12.3. The molecule has 17 heavy (non-hydrogen) atoms. The first-order valence-electron chi connectivity index (χ1n) is 5.44. The fourth-order valence-corrected chi connectivity index (χ4v) is 1.72. The van der Waals surface area contributed by atoms with E-state index in [4.69, 9.17) is 9.94 Å². The van der Waals surface area contributed by atoms with E-state index in [-0.39, 0.29) is 5.69 Å². The Labute approximate surface area is 99.4 Å². The van der Waals surface area contributed by atoms with E-state index in [0.29, 0.717) is 18.3 Å². The predicted molar refractivity (Wildman–Crippen MR) is 61.1 cm³/mol. The fraction of sp³-hybridized carbons (Fsp3) is 0.455. The molecule has 1 N–H and O–H groups in total. The fourth-order valence-electron chi connectivity index (χ4n) is 1.72. The van der Waals surface area contributed by atoms with Gasteiger partial charge in [0.15, 0.2) is 0 Å². The van der Waals surface area contributed by atoms with Crippen molar-refractivity contribution in [3.63, 3.8) is 0 Å². The van der Waals surface area contributed by atoms with E-state index in [1.807, 2.05) is 6.07 Å². The third-order valence-corrected chi connectivity index (χ3v) is 2.63. The summed E-state index contributed by atoms with van der Waals surface area (Å²) < 4.78 is 5.26. The minimum Gasteiger partial charge on any atom is -0.378 e. The molecular formula is C11H15N3O3. The standard InChI is InChI=1S/C11H15N3O3/c1-13(16)11(15)10-8-9(2-3-12-10)14-4-6-17-7-5-14/h2-3,8,16H,4-7H2,1H3. The van der Waals surface area contributed by atoms with Gasteiger partial charge in [0.05, 0.1) is 13.2 Å². The Morgan fingerprint density at radius 2 is 2.24 bits per heavy atom. The number of pyridine rings is 1. The maximum Gasteiger partial charge on any atom is 0.295 e. The highest BCUT2D eigenvalue weighted by Crippen LogP contribution is 2.16. The van der Waals surface area contributed by atoms with Crippen LogP contribution in [0.4, 0.5) is 5.69 Å². The van der Waals surface area contributed by atoms with Crippen LogP contribution in [0.2, 0.25) is 0 Å². The molecule has 2 heterocycles. The molecule has 1 aromatic rings. The van der Waals surface area contributed by atoms with Crippen LogP contribution in [0.15, 0.2) is 18.3 Å². The van der Waals surface area contributed by atoms with Crippen molar-refractivity contribution in [3.05, 3.63) is 24.0 Å². The second kappa shape index (κ2) is 5.11. The highest BCUT2D eigenvalue weighted by molar-refractivity contribution is 5.92. The summed E-state index contributed by atoms with van der Waals surface area (Å²) in [4.78, 5) is 17.6. The summed E-state index contributed by atoms with van der Waals surface area (Å²) in [5.74, 6) is -0.514. The number of aromatic nitrogens is 1. The molecule has 6 nitrogen and oxygen atoms in total. The average molecular weight is 237 g/mol. The smallest absolute Gasteiger partial charge is 0.295 e. The topological polar surface area (TPSA) is 65.9 Å². The number of morpholine rings is 1. The zero-order valence-electron chi connectivity index (χ0n) is 9.67. The van der Waals surface area contributed by atoms with E-state index in [2.05, 4.69) is 9.88 Å². The summed E-state index contributed by atoms with van der Waals surface area (Å²) >= 11 is 0. The van der Waals surface area contributed by atoms with Crippen LogP contribution in [0.1, 0.15) is 10.5 Å². The molecule has 1 aromatic heterocycles. The summed E-state index contributed by atoms with van der Waals surface area (Å²) in [6.45, 7) is 2.97. The number of amides is 1. The number of hydrogen-bond donors (Lipinski definition) is 1.